The van der Waals surface area contributed by atoms with Crippen LogP contribution in [-0.2, 0) is 9.05 Å². The predicted molar refractivity (Wildman–Crippen MR) is 83.9 cm³/mol. The first-order valence-electron chi connectivity index (χ1n) is 6.50. The Morgan fingerprint density at radius 1 is 1.38 bits per heavy atom. The Balaban J connectivity index is 2.48. The molecule has 1 saturated heterocycles. The molecule has 0 N–H and O–H groups in total. The van der Waals surface area contributed by atoms with E-state index in [-0.39, 0.29) is 32.5 Å². The van der Waals surface area contributed by atoms with Crippen molar-refractivity contribution in [3.05, 3.63) is 27.7 Å². The molecule has 8 heteroatoms. The summed E-state index contributed by atoms with van der Waals surface area (Å²) in [5.74, 6) is -0.312. The lowest BCUT2D eigenvalue weighted by Gasteiger charge is -2.24. The Morgan fingerprint density at radius 2 is 2.05 bits per heavy atom. The largest absolute Gasteiger partial charge is 0.336 e. The van der Waals surface area contributed by atoms with E-state index in [1.165, 1.54) is 6.07 Å². The second-order valence-electron chi connectivity index (χ2n) is 4.91. The number of nitrogens with zero attached hydrogens (tertiary/aromatic N) is 1. The fourth-order valence-corrected chi connectivity index (χ4v) is 3.80. The van der Waals surface area contributed by atoms with Crippen LogP contribution in [0.25, 0.3) is 0 Å². The lowest BCUT2D eigenvalue weighted by molar-refractivity contribution is 0.0733. The van der Waals surface area contributed by atoms with E-state index < -0.39 is 9.05 Å². The zero-order valence-electron chi connectivity index (χ0n) is 11.3. The summed E-state index contributed by atoms with van der Waals surface area (Å²) in [5, 5.41) is 0.0430. The molecule has 0 radical (unpaired) electrons. The standard InChI is InChI=1S/C13H14Cl3NO3S/c1-2-8-4-3-5-17(8)13(18)10-6-9(21(16,19)20)7-11(14)12(10)15/h6-8H,2-5H2,1H3. The summed E-state index contributed by atoms with van der Waals surface area (Å²) < 4.78 is 22.9. The highest BCUT2D eigenvalue weighted by Gasteiger charge is 2.30. The van der Waals surface area contributed by atoms with Crippen LogP contribution in [0.5, 0.6) is 0 Å². The fourth-order valence-electron chi connectivity index (χ4n) is 2.54. The van der Waals surface area contributed by atoms with Gasteiger partial charge in [0.15, 0.2) is 0 Å². The molecule has 0 aromatic heterocycles. The molecule has 2 rings (SSSR count). The van der Waals surface area contributed by atoms with Gasteiger partial charge in [0.1, 0.15) is 0 Å². The molecule has 1 amide bonds. The minimum Gasteiger partial charge on any atom is -0.336 e. The van der Waals surface area contributed by atoms with Crippen LogP contribution in [0.4, 0.5) is 0 Å². The van der Waals surface area contributed by atoms with Crippen molar-refractivity contribution < 1.29 is 13.2 Å². The second kappa shape index (κ2) is 6.32. The van der Waals surface area contributed by atoms with Crippen LogP contribution in [0.15, 0.2) is 17.0 Å². The van der Waals surface area contributed by atoms with Gasteiger partial charge >= 0.3 is 0 Å². The van der Waals surface area contributed by atoms with Crippen LogP contribution >= 0.6 is 33.9 Å². The maximum absolute atomic E-state index is 12.6. The van der Waals surface area contributed by atoms with E-state index in [0.717, 1.165) is 25.3 Å². The van der Waals surface area contributed by atoms with Crippen molar-refractivity contribution in [3.8, 4) is 0 Å². The van der Waals surface area contributed by atoms with Crippen molar-refractivity contribution >= 4 is 48.8 Å². The Hall–Kier alpha value is -0.490. The van der Waals surface area contributed by atoms with Gasteiger partial charge in [-0.2, -0.15) is 0 Å². The smallest absolute Gasteiger partial charge is 0.261 e. The van der Waals surface area contributed by atoms with Gasteiger partial charge in [0.2, 0.25) is 0 Å². The second-order valence-corrected chi connectivity index (χ2v) is 8.26. The third kappa shape index (κ3) is 3.47. The number of hydrogen-bond donors (Lipinski definition) is 0. The van der Waals surface area contributed by atoms with Crippen molar-refractivity contribution in [2.24, 2.45) is 0 Å². The van der Waals surface area contributed by atoms with Gasteiger partial charge in [-0.3, -0.25) is 4.79 Å². The highest BCUT2D eigenvalue weighted by atomic mass is 35.7. The molecule has 0 spiro atoms. The Morgan fingerprint density at radius 3 is 2.62 bits per heavy atom. The number of carbonyl (C=O) groups excluding carboxylic acids is 1. The van der Waals surface area contributed by atoms with Gasteiger partial charge < -0.3 is 4.90 Å². The summed E-state index contributed by atoms with van der Waals surface area (Å²) >= 11 is 12.0. The Bertz CT molecular complexity index is 675. The van der Waals surface area contributed by atoms with Crippen LogP contribution < -0.4 is 0 Å². The van der Waals surface area contributed by atoms with Crippen molar-refractivity contribution in [3.63, 3.8) is 0 Å². The number of benzene rings is 1. The summed E-state index contributed by atoms with van der Waals surface area (Å²) in [5.41, 5.74) is 0.0729. The molecular formula is C13H14Cl3NO3S. The monoisotopic (exact) mass is 369 g/mol. The molecule has 0 saturated carbocycles. The number of carbonyl (C=O) groups is 1. The van der Waals surface area contributed by atoms with Gasteiger partial charge in [-0.25, -0.2) is 8.42 Å². The minimum absolute atomic E-state index is 0.00557. The predicted octanol–water partition coefficient (Wildman–Crippen LogP) is 3.94. The molecule has 116 valence electrons. The van der Waals surface area contributed by atoms with Gasteiger partial charge in [0.05, 0.1) is 20.5 Å². The molecular weight excluding hydrogens is 357 g/mol. The van der Waals surface area contributed by atoms with E-state index in [1.807, 2.05) is 6.92 Å². The van der Waals surface area contributed by atoms with Crippen molar-refractivity contribution in [1.82, 2.24) is 4.90 Å². The summed E-state index contributed by atoms with van der Waals surface area (Å²) in [6.45, 7) is 2.63. The van der Waals surface area contributed by atoms with E-state index in [0.29, 0.717) is 6.54 Å². The van der Waals surface area contributed by atoms with E-state index in [9.17, 15) is 13.2 Å². The zero-order chi connectivity index (χ0) is 15.8. The number of rotatable bonds is 3. The topological polar surface area (TPSA) is 54.5 Å². The number of halogens is 3. The number of hydrogen-bond acceptors (Lipinski definition) is 3. The molecule has 0 aliphatic carbocycles. The van der Waals surface area contributed by atoms with E-state index >= 15 is 0 Å². The molecule has 1 aliphatic heterocycles. The van der Waals surface area contributed by atoms with Gasteiger partial charge in [-0.05, 0) is 31.4 Å². The average Bonchev–Trinajstić information content (AvgIpc) is 2.88. The fraction of sp³-hybridized carbons (Fsp3) is 0.462. The van der Waals surface area contributed by atoms with Gasteiger partial charge in [-0.15, -0.1) is 0 Å². The first-order chi connectivity index (χ1) is 9.75. The van der Waals surface area contributed by atoms with Crippen LogP contribution in [0.1, 0.15) is 36.5 Å². The molecule has 1 aromatic rings. The number of likely N-dealkylation sites (tertiary alicyclic amines) is 1. The molecule has 1 aromatic carbocycles. The minimum atomic E-state index is -3.98. The van der Waals surface area contributed by atoms with E-state index in [4.69, 9.17) is 33.9 Å². The normalized spacial score (nSPS) is 19.0. The van der Waals surface area contributed by atoms with Gasteiger partial charge in [0, 0.05) is 23.3 Å². The third-order valence-electron chi connectivity index (χ3n) is 3.62. The summed E-state index contributed by atoms with van der Waals surface area (Å²) in [6, 6.07) is 2.47. The quantitative estimate of drug-likeness (QED) is 0.757. The molecule has 1 unspecified atom stereocenters. The van der Waals surface area contributed by atoms with Crippen LogP contribution in [0.3, 0.4) is 0 Å². The number of amides is 1. The summed E-state index contributed by atoms with van der Waals surface area (Å²) in [4.78, 5) is 14.1. The van der Waals surface area contributed by atoms with Crippen molar-refractivity contribution in [1.29, 1.82) is 0 Å². The zero-order valence-corrected chi connectivity index (χ0v) is 14.4. The molecule has 1 fully saturated rings. The molecule has 1 aliphatic rings. The average molecular weight is 371 g/mol. The Kier molecular flexibility index (Phi) is 5.08. The van der Waals surface area contributed by atoms with E-state index in [2.05, 4.69) is 0 Å². The SMILES string of the molecule is CCC1CCCN1C(=O)c1cc(S(=O)(=O)Cl)cc(Cl)c1Cl. The van der Waals surface area contributed by atoms with Gasteiger partial charge in [0.25, 0.3) is 15.0 Å². The first-order valence-corrected chi connectivity index (χ1v) is 9.57. The molecule has 1 heterocycles. The summed E-state index contributed by atoms with van der Waals surface area (Å²) in [7, 11) is 1.34. The maximum atomic E-state index is 12.6. The summed E-state index contributed by atoms with van der Waals surface area (Å²) in [6.07, 6.45) is 2.69. The van der Waals surface area contributed by atoms with Crippen LogP contribution in [-0.4, -0.2) is 31.8 Å². The third-order valence-corrected chi connectivity index (χ3v) is 5.76. The molecule has 21 heavy (non-hydrogen) atoms. The van der Waals surface area contributed by atoms with Crippen molar-refractivity contribution in [2.45, 2.75) is 37.1 Å². The highest BCUT2D eigenvalue weighted by molar-refractivity contribution is 8.13. The lowest BCUT2D eigenvalue weighted by Crippen LogP contribution is -2.35. The molecule has 4 nitrogen and oxygen atoms in total. The highest BCUT2D eigenvalue weighted by Crippen LogP contribution is 2.33. The maximum Gasteiger partial charge on any atom is 0.261 e. The van der Waals surface area contributed by atoms with Crippen LogP contribution in [0, 0.1) is 0 Å². The van der Waals surface area contributed by atoms with Gasteiger partial charge in [-0.1, -0.05) is 30.1 Å². The van der Waals surface area contributed by atoms with E-state index in [1.54, 1.807) is 4.90 Å². The lowest BCUT2D eigenvalue weighted by atomic mass is 10.1. The Labute approximate surface area is 138 Å². The van der Waals surface area contributed by atoms with Crippen LogP contribution in [0.2, 0.25) is 10.0 Å². The first kappa shape index (κ1) is 16.9. The van der Waals surface area contributed by atoms with Crippen molar-refractivity contribution in [2.75, 3.05) is 6.54 Å². The molecule has 0 bridgehead atoms. The molecule has 1 atom stereocenters.